The van der Waals surface area contributed by atoms with Crippen LogP contribution >= 0.6 is 11.8 Å². The van der Waals surface area contributed by atoms with E-state index in [2.05, 4.69) is 82.0 Å². The van der Waals surface area contributed by atoms with Crippen LogP contribution in [-0.2, 0) is 17.1 Å². The van der Waals surface area contributed by atoms with E-state index in [0.29, 0.717) is 12.5 Å². The van der Waals surface area contributed by atoms with Crippen molar-refractivity contribution in [1.82, 2.24) is 15.3 Å². The van der Waals surface area contributed by atoms with Crippen LogP contribution in [0.5, 0.6) is 0 Å². The van der Waals surface area contributed by atoms with Gasteiger partial charge in [0.15, 0.2) is 5.16 Å². The van der Waals surface area contributed by atoms with E-state index in [4.69, 9.17) is 4.74 Å². The molecular weight excluding hydrogens is 414 g/mol. The molecule has 0 aliphatic carbocycles. The fraction of sp³-hybridized carbons (Fsp3) is 0.259. The van der Waals surface area contributed by atoms with Gasteiger partial charge in [-0.3, -0.25) is 0 Å². The monoisotopic (exact) mass is 441 g/mol. The minimum Gasteiger partial charge on any atom is -0.372 e. The van der Waals surface area contributed by atoms with E-state index in [1.807, 2.05) is 6.07 Å². The van der Waals surface area contributed by atoms with Crippen molar-refractivity contribution in [2.75, 3.05) is 13.1 Å². The van der Waals surface area contributed by atoms with Gasteiger partial charge in [-0.25, -0.2) is 9.97 Å². The molecule has 1 fully saturated rings. The Morgan fingerprint density at radius 3 is 2.50 bits per heavy atom. The third-order valence-corrected chi connectivity index (χ3v) is 6.97. The van der Waals surface area contributed by atoms with E-state index >= 15 is 0 Å². The Bertz CT molecular complexity index is 1150. The highest BCUT2D eigenvalue weighted by atomic mass is 32.2. The zero-order chi connectivity index (χ0) is 21.6. The second-order valence-electron chi connectivity index (χ2n) is 8.19. The first kappa shape index (κ1) is 21.1. The summed E-state index contributed by atoms with van der Waals surface area (Å²) >= 11 is 1.67. The quantitative estimate of drug-likeness (QED) is 0.299. The molecule has 0 radical (unpaired) electrons. The lowest BCUT2D eigenvalue weighted by molar-refractivity contribution is 0.0106. The number of nitrogens with one attached hydrogen (secondary N) is 1. The van der Waals surface area contributed by atoms with Crippen LogP contribution in [0.3, 0.4) is 0 Å². The van der Waals surface area contributed by atoms with Gasteiger partial charge in [-0.1, -0.05) is 72.4 Å². The van der Waals surface area contributed by atoms with Gasteiger partial charge >= 0.3 is 0 Å². The van der Waals surface area contributed by atoms with Gasteiger partial charge in [-0.15, -0.1) is 0 Å². The summed E-state index contributed by atoms with van der Waals surface area (Å²) in [6.07, 6.45) is 4.84. The van der Waals surface area contributed by atoms with Crippen molar-refractivity contribution in [1.29, 1.82) is 0 Å². The number of thioether (sulfide) groups is 1. The summed E-state index contributed by atoms with van der Waals surface area (Å²) in [7, 11) is 0. The fourth-order valence-electron chi connectivity index (χ4n) is 4.29. The van der Waals surface area contributed by atoms with Gasteiger partial charge in [-0.05, 0) is 52.6 Å². The van der Waals surface area contributed by atoms with E-state index in [9.17, 15) is 0 Å². The summed E-state index contributed by atoms with van der Waals surface area (Å²) in [6.45, 7) is 2.56. The molecule has 1 aromatic heterocycles. The molecule has 2 heterocycles. The Morgan fingerprint density at radius 1 is 0.875 bits per heavy atom. The molecule has 1 aliphatic heterocycles. The zero-order valence-corrected chi connectivity index (χ0v) is 18.8. The standard InChI is InChI=1S/C27H27N3OS/c1-2-5-24-16-21(8-9-22(24)4-1)18-31-26-17-28-15-12-25(26)23-10-6-20(7-11-23)19-32-27-29-13-3-14-30-27/h1-11,13-14,16,25-26,28H,12,15,17-19H2. The second-order valence-corrected chi connectivity index (χ2v) is 9.13. The van der Waals surface area contributed by atoms with Crippen LogP contribution in [-0.4, -0.2) is 29.2 Å². The molecule has 2 atom stereocenters. The minimum absolute atomic E-state index is 0.174. The lowest BCUT2D eigenvalue weighted by Crippen LogP contribution is -2.40. The lowest BCUT2D eigenvalue weighted by Gasteiger charge is -2.32. The number of hydrogen-bond donors (Lipinski definition) is 1. The smallest absolute Gasteiger partial charge is 0.187 e. The molecule has 5 heteroatoms. The highest BCUT2D eigenvalue weighted by molar-refractivity contribution is 7.98. The number of ether oxygens (including phenoxy) is 1. The van der Waals surface area contributed by atoms with Crippen molar-refractivity contribution in [3.05, 3.63) is 102 Å². The SMILES string of the molecule is c1cnc(SCc2ccc(C3CCNCC3OCc3ccc4ccccc4c3)cc2)nc1. The van der Waals surface area contributed by atoms with Crippen molar-refractivity contribution < 1.29 is 4.74 Å². The van der Waals surface area contributed by atoms with Crippen LogP contribution in [0.4, 0.5) is 0 Å². The molecule has 1 saturated heterocycles. The molecule has 162 valence electrons. The highest BCUT2D eigenvalue weighted by Crippen LogP contribution is 2.30. The van der Waals surface area contributed by atoms with Crippen molar-refractivity contribution in [2.24, 2.45) is 0 Å². The highest BCUT2D eigenvalue weighted by Gasteiger charge is 2.27. The van der Waals surface area contributed by atoms with Gasteiger partial charge in [-0.2, -0.15) is 0 Å². The van der Waals surface area contributed by atoms with Crippen LogP contribution in [0.2, 0.25) is 0 Å². The Morgan fingerprint density at radius 2 is 1.66 bits per heavy atom. The first-order chi connectivity index (χ1) is 15.8. The summed E-state index contributed by atoms with van der Waals surface area (Å²) in [5.74, 6) is 1.29. The number of hydrogen-bond acceptors (Lipinski definition) is 5. The normalized spacial score (nSPS) is 18.6. The summed E-state index contributed by atoms with van der Waals surface area (Å²) in [4.78, 5) is 8.57. The third kappa shape index (κ3) is 5.18. The number of fused-ring (bicyclic) bond motifs is 1. The van der Waals surface area contributed by atoms with Gasteiger partial charge in [0.2, 0.25) is 0 Å². The van der Waals surface area contributed by atoms with Crippen LogP contribution in [0.15, 0.2) is 90.3 Å². The van der Waals surface area contributed by atoms with Gasteiger partial charge < -0.3 is 10.1 Å². The van der Waals surface area contributed by atoms with Crippen molar-refractivity contribution in [3.8, 4) is 0 Å². The molecule has 5 rings (SSSR count). The van der Waals surface area contributed by atoms with E-state index < -0.39 is 0 Å². The molecule has 32 heavy (non-hydrogen) atoms. The van der Waals surface area contributed by atoms with Crippen molar-refractivity contribution in [3.63, 3.8) is 0 Å². The Balaban J connectivity index is 1.22. The average molecular weight is 442 g/mol. The molecule has 0 amide bonds. The Hall–Kier alpha value is -2.73. The first-order valence-corrected chi connectivity index (χ1v) is 12.1. The number of nitrogens with zero attached hydrogens (tertiary/aromatic N) is 2. The Kier molecular flexibility index (Phi) is 6.77. The number of benzene rings is 3. The largest absolute Gasteiger partial charge is 0.372 e. The van der Waals surface area contributed by atoms with E-state index in [1.165, 1.54) is 27.5 Å². The van der Waals surface area contributed by atoms with Gasteiger partial charge in [0.1, 0.15) is 0 Å². The van der Waals surface area contributed by atoms with Crippen LogP contribution in [0.1, 0.15) is 29.0 Å². The molecule has 4 nitrogen and oxygen atoms in total. The minimum atomic E-state index is 0.174. The number of rotatable bonds is 7. The molecule has 2 unspecified atom stereocenters. The number of aromatic nitrogens is 2. The second kappa shape index (κ2) is 10.3. The van der Waals surface area contributed by atoms with E-state index in [-0.39, 0.29) is 6.10 Å². The van der Waals surface area contributed by atoms with E-state index in [0.717, 1.165) is 30.4 Å². The number of piperidine rings is 1. The van der Waals surface area contributed by atoms with Gasteiger partial charge in [0.05, 0.1) is 12.7 Å². The summed E-state index contributed by atoms with van der Waals surface area (Å²) in [5.41, 5.74) is 3.87. The maximum absolute atomic E-state index is 6.44. The maximum atomic E-state index is 6.44. The third-order valence-electron chi connectivity index (χ3n) is 6.02. The van der Waals surface area contributed by atoms with Crippen molar-refractivity contribution >= 4 is 22.5 Å². The summed E-state index contributed by atoms with van der Waals surface area (Å²) in [5, 5.41) is 6.86. The van der Waals surface area contributed by atoms with Crippen molar-refractivity contribution in [2.45, 2.75) is 36.0 Å². The lowest BCUT2D eigenvalue weighted by atomic mass is 9.87. The molecule has 3 aromatic carbocycles. The Labute approximate surface area is 193 Å². The first-order valence-electron chi connectivity index (χ1n) is 11.1. The van der Waals surface area contributed by atoms with Gasteiger partial charge in [0, 0.05) is 30.6 Å². The molecule has 0 spiro atoms. The molecule has 1 N–H and O–H groups in total. The summed E-state index contributed by atoms with van der Waals surface area (Å²) in [6, 6.07) is 25.9. The predicted octanol–water partition coefficient (Wildman–Crippen LogP) is 5.58. The molecular formula is C27H27N3OS. The average Bonchev–Trinajstić information content (AvgIpc) is 2.87. The molecule has 0 saturated carbocycles. The van der Waals surface area contributed by atoms with E-state index in [1.54, 1.807) is 24.2 Å². The predicted molar refractivity (Wildman–Crippen MR) is 131 cm³/mol. The molecule has 1 aliphatic rings. The zero-order valence-electron chi connectivity index (χ0n) is 18.0. The van der Waals surface area contributed by atoms with Crippen LogP contribution in [0, 0.1) is 0 Å². The molecule has 0 bridgehead atoms. The van der Waals surface area contributed by atoms with Crippen LogP contribution < -0.4 is 5.32 Å². The maximum Gasteiger partial charge on any atom is 0.187 e. The van der Waals surface area contributed by atoms with Crippen LogP contribution in [0.25, 0.3) is 10.8 Å². The van der Waals surface area contributed by atoms with Gasteiger partial charge in [0.25, 0.3) is 0 Å². The topological polar surface area (TPSA) is 47.0 Å². The molecule has 4 aromatic rings. The fourth-order valence-corrected chi connectivity index (χ4v) is 5.05. The summed E-state index contributed by atoms with van der Waals surface area (Å²) < 4.78 is 6.44.